The van der Waals surface area contributed by atoms with Gasteiger partial charge in [-0.2, -0.15) is 0 Å². The van der Waals surface area contributed by atoms with Gasteiger partial charge >= 0.3 is 0 Å². The lowest BCUT2D eigenvalue weighted by molar-refractivity contribution is 0.504. The molecule has 0 radical (unpaired) electrons. The van der Waals surface area contributed by atoms with Crippen molar-refractivity contribution < 1.29 is 8.83 Å². The van der Waals surface area contributed by atoms with Crippen LogP contribution in [0.2, 0.25) is 0 Å². The third kappa shape index (κ3) is 4.72. The quantitative estimate of drug-likeness (QED) is 0.184. The van der Waals surface area contributed by atoms with Gasteiger partial charge in [-0.1, -0.05) is 24.3 Å². The number of rotatable bonds is 10. The fourth-order valence-corrected chi connectivity index (χ4v) is 3.15. The molecule has 5 rings (SSSR count). The fraction of sp³-hybridized carbons (Fsp3) is 0.0909. The van der Waals surface area contributed by atoms with Gasteiger partial charge in [0.2, 0.25) is 11.9 Å². The maximum atomic E-state index is 5.93. The molecular weight excluding hydrogens is 408 g/mol. The Morgan fingerprint density at radius 2 is 1.09 bits per heavy atom. The lowest BCUT2D eigenvalue weighted by Crippen LogP contribution is -2.21. The van der Waals surface area contributed by atoms with Crippen LogP contribution in [0.25, 0.3) is 22.6 Å². The van der Waals surface area contributed by atoms with Crippen LogP contribution in [0.1, 0.15) is 11.5 Å². The van der Waals surface area contributed by atoms with Gasteiger partial charge in [-0.05, 0) is 24.3 Å². The number of furan rings is 2. The second kappa shape index (κ2) is 9.25. The zero-order chi connectivity index (χ0) is 21.6. The number of hydrazine groups is 2. The normalized spacial score (nSPS) is 11.0. The molecule has 6 N–H and O–H groups in total. The van der Waals surface area contributed by atoms with E-state index >= 15 is 0 Å². The van der Waals surface area contributed by atoms with Crippen molar-refractivity contribution in [1.29, 1.82) is 0 Å². The highest BCUT2D eigenvalue weighted by Crippen LogP contribution is 2.27. The predicted octanol–water partition coefficient (Wildman–Crippen LogP) is 3.89. The van der Waals surface area contributed by atoms with Crippen LogP contribution in [-0.2, 0) is 13.1 Å². The number of aromatic nitrogens is 4. The van der Waals surface area contributed by atoms with Gasteiger partial charge in [-0.15, -0.1) is 0 Å². The van der Waals surface area contributed by atoms with E-state index in [-0.39, 0.29) is 0 Å². The molecule has 4 heterocycles. The summed E-state index contributed by atoms with van der Waals surface area (Å²) in [6, 6.07) is 15.9. The molecule has 0 aliphatic carbocycles. The van der Waals surface area contributed by atoms with Crippen LogP contribution >= 0.6 is 0 Å². The number of aromatic amines is 2. The highest BCUT2D eigenvalue weighted by Gasteiger charge is 2.08. The zero-order valence-corrected chi connectivity index (χ0v) is 17.1. The molecule has 162 valence electrons. The largest absolute Gasteiger partial charge is 0.460 e. The monoisotopic (exact) mass is 430 g/mol. The van der Waals surface area contributed by atoms with Gasteiger partial charge in [0.1, 0.15) is 23.0 Å². The molecule has 10 nitrogen and oxygen atoms in total. The van der Waals surface area contributed by atoms with Crippen LogP contribution in [-0.4, -0.2) is 19.9 Å². The van der Waals surface area contributed by atoms with Crippen LogP contribution in [0.3, 0.4) is 0 Å². The molecule has 0 fully saturated rings. The van der Waals surface area contributed by atoms with Gasteiger partial charge in [0.25, 0.3) is 0 Å². The Labute approximate surface area is 183 Å². The van der Waals surface area contributed by atoms with E-state index in [1.165, 1.54) is 0 Å². The van der Waals surface area contributed by atoms with E-state index in [1.54, 1.807) is 24.8 Å². The van der Waals surface area contributed by atoms with Crippen molar-refractivity contribution in [1.82, 2.24) is 30.8 Å². The molecule has 0 bridgehead atoms. The van der Waals surface area contributed by atoms with E-state index in [0.717, 1.165) is 34.2 Å². The van der Waals surface area contributed by atoms with Crippen LogP contribution in [0.15, 0.2) is 82.2 Å². The number of hydrogen-bond donors (Lipinski definition) is 6. The van der Waals surface area contributed by atoms with Crippen molar-refractivity contribution in [3.63, 3.8) is 0 Å². The topological polar surface area (TPSA) is 132 Å². The highest BCUT2D eigenvalue weighted by atomic mass is 16.3. The molecule has 1 aromatic carbocycles. The lowest BCUT2D eigenvalue weighted by Gasteiger charge is -2.04. The van der Waals surface area contributed by atoms with Gasteiger partial charge in [-0.3, -0.25) is 10.9 Å². The van der Waals surface area contributed by atoms with Crippen molar-refractivity contribution in [2.24, 2.45) is 0 Å². The standard InChI is InChI=1S/C22H22N8O2/c1-2-16(20-8-6-18(32-20)14-28-30-22-25-11-12-26-22)4-3-15(1)19-7-5-17(31-19)13-27-29-21-23-9-10-24-21/h1-12,27-28H,13-14H2,(H2,23,24,29)(H2,25,26,30). The van der Waals surface area contributed by atoms with E-state index in [1.807, 2.05) is 48.5 Å². The Morgan fingerprint density at radius 3 is 1.50 bits per heavy atom. The Hall–Kier alpha value is -4.28. The second-order valence-electron chi connectivity index (χ2n) is 6.94. The first-order valence-electron chi connectivity index (χ1n) is 10.1. The summed E-state index contributed by atoms with van der Waals surface area (Å²) >= 11 is 0. The van der Waals surface area contributed by atoms with Gasteiger partial charge in [0, 0.05) is 35.9 Å². The van der Waals surface area contributed by atoms with E-state index in [4.69, 9.17) is 8.83 Å². The van der Waals surface area contributed by atoms with Crippen molar-refractivity contribution in [3.05, 3.63) is 84.8 Å². The summed E-state index contributed by atoms with van der Waals surface area (Å²) in [5.41, 5.74) is 14.0. The summed E-state index contributed by atoms with van der Waals surface area (Å²) in [5.74, 6) is 4.54. The Kier molecular flexibility index (Phi) is 5.68. The summed E-state index contributed by atoms with van der Waals surface area (Å²) in [6.45, 7) is 1.05. The first-order chi connectivity index (χ1) is 15.8. The van der Waals surface area contributed by atoms with E-state index in [2.05, 4.69) is 41.6 Å². The zero-order valence-electron chi connectivity index (χ0n) is 17.1. The average molecular weight is 430 g/mol. The third-order valence-corrected chi connectivity index (χ3v) is 4.71. The maximum Gasteiger partial charge on any atom is 0.214 e. The molecule has 0 unspecified atom stereocenters. The molecule has 32 heavy (non-hydrogen) atoms. The van der Waals surface area contributed by atoms with Gasteiger partial charge in [0.15, 0.2) is 0 Å². The van der Waals surface area contributed by atoms with Crippen molar-refractivity contribution in [3.8, 4) is 22.6 Å². The predicted molar refractivity (Wildman–Crippen MR) is 120 cm³/mol. The summed E-state index contributed by atoms with van der Waals surface area (Å²) in [7, 11) is 0. The molecule has 5 aromatic rings. The van der Waals surface area contributed by atoms with Crippen LogP contribution in [0.4, 0.5) is 11.9 Å². The molecule has 0 aliphatic rings. The smallest absolute Gasteiger partial charge is 0.214 e. The lowest BCUT2D eigenvalue weighted by atomic mass is 10.1. The number of nitrogens with one attached hydrogen (secondary N) is 6. The number of hydrogen-bond acceptors (Lipinski definition) is 8. The molecule has 4 aromatic heterocycles. The first kappa shape index (κ1) is 19.7. The fourth-order valence-electron chi connectivity index (χ4n) is 3.15. The Bertz CT molecular complexity index is 1130. The average Bonchev–Trinajstić information content (AvgIpc) is 3.62. The van der Waals surface area contributed by atoms with Gasteiger partial charge < -0.3 is 18.8 Å². The number of nitrogens with zero attached hydrogens (tertiary/aromatic N) is 2. The first-order valence-corrected chi connectivity index (χ1v) is 10.1. The summed E-state index contributed by atoms with van der Waals surface area (Å²) < 4.78 is 11.9. The molecule has 0 amide bonds. The van der Waals surface area contributed by atoms with Crippen molar-refractivity contribution >= 4 is 11.9 Å². The summed E-state index contributed by atoms with van der Waals surface area (Å²) in [4.78, 5) is 14.1. The number of anilines is 2. The highest BCUT2D eigenvalue weighted by molar-refractivity contribution is 5.65. The van der Waals surface area contributed by atoms with Crippen LogP contribution in [0, 0.1) is 0 Å². The minimum absolute atomic E-state index is 0.525. The number of imidazole rings is 2. The van der Waals surface area contributed by atoms with Crippen molar-refractivity contribution in [2.45, 2.75) is 13.1 Å². The number of benzene rings is 1. The van der Waals surface area contributed by atoms with Crippen molar-refractivity contribution in [2.75, 3.05) is 10.9 Å². The van der Waals surface area contributed by atoms with E-state index in [0.29, 0.717) is 25.0 Å². The van der Waals surface area contributed by atoms with Crippen LogP contribution < -0.4 is 21.7 Å². The van der Waals surface area contributed by atoms with Gasteiger partial charge in [-0.25, -0.2) is 20.8 Å². The molecule has 0 atom stereocenters. The minimum atomic E-state index is 0.525. The SMILES string of the molecule is c1c[nH]c(NNCc2ccc(-c3ccc(-c4ccc(CNNc5ncc[nH]5)o4)cc3)o2)n1. The van der Waals surface area contributed by atoms with Crippen LogP contribution in [0.5, 0.6) is 0 Å². The molecule has 0 spiro atoms. The second-order valence-corrected chi connectivity index (χ2v) is 6.94. The molecule has 0 aliphatic heterocycles. The Morgan fingerprint density at radius 1 is 0.625 bits per heavy atom. The van der Waals surface area contributed by atoms with E-state index in [9.17, 15) is 0 Å². The maximum absolute atomic E-state index is 5.93. The van der Waals surface area contributed by atoms with E-state index < -0.39 is 0 Å². The summed E-state index contributed by atoms with van der Waals surface area (Å²) in [6.07, 6.45) is 6.86. The molecule has 10 heteroatoms. The molecule has 0 saturated carbocycles. The van der Waals surface area contributed by atoms with Gasteiger partial charge in [0.05, 0.1) is 13.1 Å². The molecule has 0 saturated heterocycles. The minimum Gasteiger partial charge on any atom is -0.460 e. The molecular formula is C22H22N8O2. The Balaban J connectivity index is 1.16. The number of H-pyrrole nitrogens is 2. The third-order valence-electron chi connectivity index (χ3n) is 4.71. The summed E-state index contributed by atoms with van der Waals surface area (Å²) in [5, 5.41) is 0.